The minimum absolute atomic E-state index is 0.0288. The summed E-state index contributed by atoms with van der Waals surface area (Å²) in [5.74, 6) is 0.647. The van der Waals surface area contributed by atoms with E-state index in [1.165, 1.54) is 30.0 Å². The first kappa shape index (κ1) is 21.0. The molecule has 0 bridgehead atoms. The number of carbonyl (C=O) groups excluding carboxylic acids is 2. The minimum Gasteiger partial charge on any atom is -0.495 e. The zero-order valence-electron chi connectivity index (χ0n) is 16.1. The second-order valence-corrected chi connectivity index (χ2v) is 7.76. The number of nitrogens with one attached hydrogen (secondary N) is 1. The highest BCUT2D eigenvalue weighted by atomic mass is 35.5. The van der Waals surface area contributed by atoms with Gasteiger partial charge < -0.3 is 14.5 Å². The van der Waals surface area contributed by atoms with Crippen molar-refractivity contribution < 1.29 is 18.7 Å². The van der Waals surface area contributed by atoms with E-state index >= 15 is 0 Å². The van der Waals surface area contributed by atoms with Crippen LogP contribution in [-0.4, -0.2) is 35.9 Å². The largest absolute Gasteiger partial charge is 0.495 e. The number of ether oxygens (including phenoxy) is 1. The average Bonchev–Trinajstić information content (AvgIpc) is 3.28. The Hall–Kier alpha value is -2.71. The van der Waals surface area contributed by atoms with Crippen LogP contribution in [0.1, 0.15) is 19.6 Å². The van der Waals surface area contributed by atoms with Gasteiger partial charge in [-0.2, -0.15) is 0 Å². The number of anilines is 1. The highest BCUT2D eigenvalue weighted by Gasteiger charge is 2.33. The summed E-state index contributed by atoms with van der Waals surface area (Å²) < 4.78 is 10.5. The molecule has 1 aromatic heterocycles. The molecule has 0 spiro atoms. The van der Waals surface area contributed by atoms with Crippen LogP contribution in [0.25, 0.3) is 6.08 Å². The average molecular weight is 434 g/mol. The molecule has 2 heterocycles. The number of hydrogen-bond donors (Lipinski definition) is 1. The number of carbonyl (C=O) groups is 2. The summed E-state index contributed by atoms with van der Waals surface area (Å²) in [5, 5.41) is 3.57. The van der Waals surface area contributed by atoms with E-state index in [-0.39, 0.29) is 29.3 Å². The molecular weight excluding hydrogens is 414 g/mol. The van der Waals surface area contributed by atoms with E-state index in [2.05, 4.69) is 10.3 Å². The number of thioether (sulfide) groups is 1. The number of nitrogens with zero attached hydrogens (tertiary/aromatic N) is 2. The molecule has 0 atom stereocenters. The topological polar surface area (TPSA) is 84.1 Å². The Balaban J connectivity index is 1.91. The summed E-state index contributed by atoms with van der Waals surface area (Å²) in [6, 6.07) is 8.49. The Morgan fingerprint density at radius 2 is 2.21 bits per heavy atom. The fourth-order valence-corrected chi connectivity index (χ4v) is 3.69. The van der Waals surface area contributed by atoms with Crippen LogP contribution in [-0.2, 0) is 9.59 Å². The lowest BCUT2D eigenvalue weighted by molar-refractivity contribution is -0.119. The SMILES string of the molecule is COc1ccc(N2C(=O)C(=Cc3ccco3)N=C2SCC(=O)NC(C)C)cc1Cl. The number of furan rings is 1. The van der Waals surface area contributed by atoms with Gasteiger partial charge >= 0.3 is 0 Å². The zero-order chi connectivity index (χ0) is 21.0. The van der Waals surface area contributed by atoms with Gasteiger partial charge in [-0.1, -0.05) is 23.4 Å². The van der Waals surface area contributed by atoms with Crippen LogP contribution in [0.15, 0.2) is 51.7 Å². The van der Waals surface area contributed by atoms with Crippen LogP contribution in [0.3, 0.4) is 0 Å². The van der Waals surface area contributed by atoms with Crippen molar-refractivity contribution in [2.45, 2.75) is 19.9 Å². The molecule has 1 N–H and O–H groups in total. The summed E-state index contributed by atoms with van der Waals surface area (Å²) in [5.41, 5.74) is 0.734. The Morgan fingerprint density at radius 1 is 1.41 bits per heavy atom. The van der Waals surface area contributed by atoms with Crippen LogP contribution in [0.4, 0.5) is 5.69 Å². The molecule has 0 unspecified atom stereocenters. The molecule has 2 aromatic rings. The normalized spacial score (nSPS) is 15.2. The van der Waals surface area contributed by atoms with Crippen molar-refractivity contribution in [2.75, 3.05) is 17.8 Å². The minimum atomic E-state index is -0.339. The summed E-state index contributed by atoms with van der Waals surface area (Å²) in [6.45, 7) is 3.77. The van der Waals surface area contributed by atoms with Crippen molar-refractivity contribution in [3.63, 3.8) is 0 Å². The van der Waals surface area contributed by atoms with Gasteiger partial charge in [-0.25, -0.2) is 4.99 Å². The van der Waals surface area contributed by atoms with Crippen molar-refractivity contribution in [3.05, 3.63) is 53.1 Å². The molecule has 0 saturated heterocycles. The molecule has 29 heavy (non-hydrogen) atoms. The maximum Gasteiger partial charge on any atom is 0.283 e. The van der Waals surface area contributed by atoms with Gasteiger partial charge in [0.05, 0.1) is 29.8 Å². The molecule has 0 radical (unpaired) electrons. The van der Waals surface area contributed by atoms with Gasteiger partial charge in [-0.05, 0) is 44.2 Å². The molecule has 2 amide bonds. The Morgan fingerprint density at radius 3 is 2.83 bits per heavy atom. The Kier molecular flexibility index (Phi) is 6.66. The van der Waals surface area contributed by atoms with Gasteiger partial charge in [-0.3, -0.25) is 14.5 Å². The van der Waals surface area contributed by atoms with Gasteiger partial charge in [0.2, 0.25) is 5.91 Å². The standard InChI is InChI=1S/C20H20ClN3O4S/c1-12(2)22-18(25)11-29-20-23-16(10-14-5-4-8-28-14)19(26)24(20)13-6-7-17(27-3)15(21)9-13/h4-10,12H,11H2,1-3H3,(H,22,25). The van der Waals surface area contributed by atoms with Crippen LogP contribution >= 0.6 is 23.4 Å². The number of amidine groups is 1. The maximum atomic E-state index is 13.0. The van der Waals surface area contributed by atoms with Crippen LogP contribution in [0, 0.1) is 0 Å². The second-order valence-electron chi connectivity index (χ2n) is 6.41. The van der Waals surface area contributed by atoms with Gasteiger partial charge in [0.15, 0.2) is 5.17 Å². The van der Waals surface area contributed by atoms with Gasteiger partial charge in [0.1, 0.15) is 17.2 Å². The first-order valence-corrected chi connectivity index (χ1v) is 10.2. The maximum absolute atomic E-state index is 13.0. The summed E-state index contributed by atoms with van der Waals surface area (Å²) in [7, 11) is 1.52. The van der Waals surface area contributed by atoms with E-state index in [0.717, 1.165) is 0 Å². The highest BCUT2D eigenvalue weighted by Crippen LogP contribution is 2.34. The molecule has 9 heteroatoms. The quantitative estimate of drug-likeness (QED) is 0.697. The van der Waals surface area contributed by atoms with Crippen molar-refractivity contribution in [1.29, 1.82) is 0 Å². The Bertz CT molecular complexity index is 970. The van der Waals surface area contributed by atoms with Gasteiger partial charge in [0, 0.05) is 12.1 Å². The summed E-state index contributed by atoms with van der Waals surface area (Å²) >= 11 is 7.41. The monoisotopic (exact) mass is 433 g/mol. The fraction of sp³-hybridized carbons (Fsp3) is 0.250. The molecule has 1 aliphatic heterocycles. The smallest absolute Gasteiger partial charge is 0.283 e. The number of benzene rings is 1. The van der Waals surface area contributed by atoms with E-state index in [4.69, 9.17) is 20.8 Å². The molecule has 7 nitrogen and oxygen atoms in total. The number of hydrogen-bond acceptors (Lipinski definition) is 6. The third-order valence-electron chi connectivity index (χ3n) is 3.83. The summed E-state index contributed by atoms with van der Waals surface area (Å²) in [4.78, 5) is 30.9. The predicted octanol–water partition coefficient (Wildman–Crippen LogP) is 3.94. The molecule has 0 fully saturated rings. The molecule has 152 valence electrons. The molecule has 1 aliphatic rings. The summed E-state index contributed by atoms with van der Waals surface area (Å²) in [6.07, 6.45) is 3.07. The van der Waals surface area contributed by atoms with Crippen molar-refractivity contribution >= 4 is 52.1 Å². The fourth-order valence-electron chi connectivity index (χ4n) is 2.62. The van der Waals surface area contributed by atoms with Crippen molar-refractivity contribution in [1.82, 2.24) is 5.32 Å². The third kappa shape index (κ3) is 5.02. The number of aliphatic imine (C=N–C) groups is 1. The van der Waals surface area contributed by atoms with Gasteiger partial charge in [0.25, 0.3) is 5.91 Å². The number of methoxy groups -OCH3 is 1. The number of amides is 2. The van der Waals surface area contributed by atoms with E-state index in [0.29, 0.717) is 27.4 Å². The highest BCUT2D eigenvalue weighted by molar-refractivity contribution is 8.14. The van der Waals surface area contributed by atoms with E-state index < -0.39 is 0 Å². The first-order chi connectivity index (χ1) is 13.9. The lowest BCUT2D eigenvalue weighted by Crippen LogP contribution is -2.34. The van der Waals surface area contributed by atoms with Crippen LogP contribution in [0.2, 0.25) is 5.02 Å². The van der Waals surface area contributed by atoms with E-state index in [9.17, 15) is 9.59 Å². The van der Waals surface area contributed by atoms with E-state index in [1.807, 2.05) is 13.8 Å². The number of rotatable bonds is 6. The zero-order valence-corrected chi connectivity index (χ0v) is 17.7. The molecule has 0 aliphatic carbocycles. The van der Waals surface area contributed by atoms with Gasteiger partial charge in [-0.15, -0.1) is 0 Å². The third-order valence-corrected chi connectivity index (χ3v) is 5.06. The van der Waals surface area contributed by atoms with Crippen LogP contribution < -0.4 is 15.0 Å². The lowest BCUT2D eigenvalue weighted by atomic mass is 10.2. The van der Waals surface area contributed by atoms with E-state index in [1.54, 1.807) is 36.4 Å². The van der Waals surface area contributed by atoms with Crippen molar-refractivity contribution in [3.8, 4) is 5.75 Å². The number of halogens is 1. The molecular formula is C20H20ClN3O4S. The molecule has 3 rings (SSSR count). The van der Waals surface area contributed by atoms with Crippen molar-refractivity contribution in [2.24, 2.45) is 4.99 Å². The first-order valence-electron chi connectivity index (χ1n) is 8.83. The Labute approximate surface area is 177 Å². The lowest BCUT2D eigenvalue weighted by Gasteiger charge is -2.19. The second kappa shape index (κ2) is 9.19. The molecule has 0 saturated carbocycles. The van der Waals surface area contributed by atoms with Crippen LogP contribution in [0.5, 0.6) is 5.75 Å². The molecule has 1 aromatic carbocycles. The predicted molar refractivity (Wildman–Crippen MR) is 115 cm³/mol.